The number of carbonyl (C=O) groups excluding carboxylic acids is 3. The van der Waals surface area contributed by atoms with Crippen LogP contribution >= 0.6 is 11.8 Å². The molecule has 0 bridgehead atoms. The smallest absolute Gasteiger partial charge is 0.335 e. The topological polar surface area (TPSA) is 104 Å². The third-order valence-electron chi connectivity index (χ3n) is 6.96. The predicted octanol–water partition coefficient (Wildman–Crippen LogP) is 4.48. The molecule has 2 aromatic carbocycles. The first-order valence-electron chi connectivity index (χ1n) is 12.4. The van der Waals surface area contributed by atoms with Crippen LogP contribution in [0, 0.1) is 5.92 Å². The third-order valence-corrected chi connectivity index (χ3v) is 8.30. The van der Waals surface area contributed by atoms with Gasteiger partial charge in [0.25, 0.3) is 5.91 Å². The lowest BCUT2D eigenvalue weighted by Gasteiger charge is -2.55. The first kappa shape index (κ1) is 28.9. The second-order valence-electron chi connectivity index (χ2n) is 9.54. The van der Waals surface area contributed by atoms with Crippen LogP contribution in [0.25, 0.3) is 0 Å². The number of rotatable bonds is 8. The maximum atomic E-state index is 13.6. The highest BCUT2D eigenvalue weighted by Gasteiger charge is 2.51. The highest BCUT2D eigenvalue weighted by Crippen LogP contribution is 2.52. The Morgan fingerprint density at radius 3 is 2.28 bits per heavy atom. The Morgan fingerprint density at radius 2 is 1.72 bits per heavy atom. The number of carbonyl (C=O) groups is 3. The van der Waals surface area contributed by atoms with Crippen LogP contribution in [-0.4, -0.2) is 55.4 Å². The molecule has 1 saturated carbocycles. The molecule has 39 heavy (non-hydrogen) atoms. The molecule has 1 heterocycles. The van der Waals surface area contributed by atoms with Crippen LogP contribution in [0.3, 0.4) is 0 Å². The van der Waals surface area contributed by atoms with Gasteiger partial charge in [0, 0.05) is 47.5 Å². The SMILES string of the molecule is CCN(C(=O)CCC(=O)NS(C)(=O)=O)[C@H]1c2ccccc2N(C(=O)c2ccc(SC(F)(F)F)cc2)[C@@H]2CC[C@@H]21. The van der Waals surface area contributed by atoms with Gasteiger partial charge in [0.1, 0.15) is 0 Å². The lowest BCUT2D eigenvalue weighted by molar-refractivity contribution is -0.137. The van der Waals surface area contributed by atoms with Gasteiger partial charge in [0.15, 0.2) is 0 Å². The van der Waals surface area contributed by atoms with Crippen molar-refractivity contribution in [1.29, 1.82) is 0 Å². The number of sulfonamides is 1. The van der Waals surface area contributed by atoms with Gasteiger partial charge < -0.3 is 9.80 Å². The minimum absolute atomic E-state index is 0.0120. The fraction of sp³-hybridized carbons (Fsp3) is 0.423. The second kappa shape index (κ2) is 11.2. The number of hydrogen-bond acceptors (Lipinski definition) is 6. The Hall–Kier alpha value is -3.06. The molecule has 0 unspecified atom stereocenters. The number of nitrogens with zero attached hydrogens (tertiary/aromatic N) is 2. The number of alkyl halides is 3. The van der Waals surface area contributed by atoms with Crippen LogP contribution in [-0.2, 0) is 19.6 Å². The van der Waals surface area contributed by atoms with E-state index in [1.165, 1.54) is 24.3 Å². The van der Waals surface area contributed by atoms with E-state index in [9.17, 15) is 36.0 Å². The fourth-order valence-electron chi connectivity index (χ4n) is 5.31. The summed E-state index contributed by atoms with van der Waals surface area (Å²) >= 11 is -0.243. The van der Waals surface area contributed by atoms with Crippen LogP contribution in [0.5, 0.6) is 0 Å². The first-order chi connectivity index (χ1) is 18.3. The van der Waals surface area contributed by atoms with Crippen molar-refractivity contribution in [3.8, 4) is 0 Å². The molecule has 2 aliphatic rings. The van der Waals surface area contributed by atoms with Gasteiger partial charge in [-0.1, -0.05) is 18.2 Å². The van der Waals surface area contributed by atoms with Crippen LogP contribution in [0.2, 0.25) is 0 Å². The minimum atomic E-state index is -4.43. The molecule has 1 fully saturated rings. The van der Waals surface area contributed by atoms with E-state index in [0.717, 1.165) is 18.2 Å². The van der Waals surface area contributed by atoms with Gasteiger partial charge in [-0.3, -0.25) is 19.1 Å². The summed E-state index contributed by atoms with van der Waals surface area (Å²) in [5.74, 6) is -1.46. The zero-order valence-corrected chi connectivity index (χ0v) is 22.9. The number of halogens is 3. The Morgan fingerprint density at radius 1 is 1.05 bits per heavy atom. The quantitative estimate of drug-likeness (QED) is 0.460. The Bertz CT molecular complexity index is 1370. The van der Waals surface area contributed by atoms with Crippen molar-refractivity contribution < 1.29 is 36.0 Å². The summed E-state index contributed by atoms with van der Waals surface area (Å²) < 4.78 is 62.6. The normalized spacial score (nSPS) is 20.3. The monoisotopic (exact) mass is 583 g/mol. The van der Waals surface area contributed by atoms with E-state index in [0.29, 0.717) is 18.7 Å². The number of benzene rings is 2. The van der Waals surface area contributed by atoms with E-state index >= 15 is 0 Å². The van der Waals surface area contributed by atoms with Crippen molar-refractivity contribution in [3.63, 3.8) is 0 Å². The van der Waals surface area contributed by atoms with E-state index in [-0.39, 0.29) is 64.9 Å². The maximum Gasteiger partial charge on any atom is 0.446 e. The highest BCUT2D eigenvalue weighted by atomic mass is 32.2. The van der Waals surface area contributed by atoms with Crippen molar-refractivity contribution in [2.24, 2.45) is 5.92 Å². The summed E-state index contributed by atoms with van der Waals surface area (Å²) in [6.45, 7) is 2.17. The second-order valence-corrected chi connectivity index (χ2v) is 12.4. The van der Waals surface area contributed by atoms with Crippen LogP contribution in [0.15, 0.2) is 53.4 Å². The van der Waals surface area contributed by atoms with Gasteiger partial charge >= 0.3 is 5.51 Å². The van der Waals surface area contributed by atoms with Gasteiger partial charge in [0.2, 0.25) is 21.8 Å². The standard InChI is InChI=1S/C26H28F3N3O5S2/c1-3-31(23(34)15-14-22(33)30-39(2,36)37)24-18-6-4-5-7-20(18)32(21-13-12-19(21)24)25(35)16-8-10-17(11-9-16)38-26(27,28)29/h4-11,19,21,24H,3,12-15H2,1-2H3,(H,30,33)/t19-,21+,24-/m0/s1. The molecule has 13 heteroatoms. The summed E-state index contributed by atoms with van der Waals surface area (Å²) in [5, 5.41) is 0. The molecular weight excluding hydrogens is 555 g/mol. The molecule has 1 N–H and O–H groups in total. The zero-order chi connectivity index (χ0) is 28.5. The summed E-state index contributed by atoms with van der Waals surface area (Å²) in [7, 11) is -3.73. The number of nitrogens with one attached hydrogen (secondary N) is 1. The molecule has 0 aromatic heterocycles. The van der Waals surface area contributed by atoms with Crippen molar-refractivity contribution >= 4 is 45.2 Å². The predicted molar refractivity (Wildman–Crippen MR) is 140 cm³/mol. The maximum absolute atomic E-state index is 13.6. The lowest BCUT2D eigenvalue weighted by Crippen LogP contribution is -2.58. The van der Waals surface area contributed by atoms with Crippen LogP contribution in [0.1, 0.15) is 54.6 Å². The summed E-state index contributed by atoms with van der Waals surface area (Å²) in [6, 6.07) is 12.0. The molecular formula is C26H28F3N3O5S2. The summed E-state index contributed by atoms with van der Waals surface area (Å²) in [6.07, 6.45) is 1.87. The first-order valence-corrected chi connectivity index (χ1v) is 15.1. The number of thioether (sulfide) groups is 1. The molecule has 3 atom stereocenters. The largest absolute Gasteiger partial charge is 0.446 e. The minimum Gasteiger partial charge on any atom is -0.335 e. The van der Waals surface area contributed by atoms with Crippen LogP contribution in [0.4, 0.5) is 18.9 Å². The molecule has 3 amide bonds. The van der Waals surface area contributed by atoms with Gasteiger partial charge in [0.05, 0.1) is 12.3 Å². The molecule has 1 aliphatic carbocycles. The Kier molecular flexibility index (Phi) is 8.31. The zero-order valence-electron chi connectivity index (χ0n) is 21.3. The number of fused-ring (bicyclic) bond motifs is 2. The van der Waals surface area contributed by atoms with Gasteiger partial charge in [-0.25, -0.2) is 8.42 Å². The average molecular weight is 584 g/mol. The molecule has 0 spiro atoms. The van der Waals surface area contributed by atoms with Crippen LogP contribution < -0.4 is 9.62 Å². The van der Waals surface area contributed by atoms with Gasteiger partial charge in [-0.15, -0.1) is 0 Å². The van der Waals surface area contributed by atoms with Gasteiger partial charge in [-0.2, -0.15) is 13.2 Å². The molecule has 1 aliphatic heterocycles. The van der Waals surface area contributed by atoms with Crippen molar-refractivity contribution in [2.45, 2.75) is 55.1 Å². The highest BCUT2D eigenvalue weighted by molar-refractivity contribution is 8.00. The van der Waals surface area contributed by atoms with Crippen molar-refractivity contribution in [1.82, 2.24) is 9.62 Å². The summed E-state index contributed by atoms with van der Waals surface area (Å²) in [4.78, 5) is 42.2. The molecule has 8 nitrogen and oxygen atoms in total. The van der Waals surface area contributed by atoms with E-state index in [2.05, 4.69) is 0 Å². The van der Waals surface area contributed by atoms with Gasteiger partial charge in [-0.05, 0) is 67.4 Å². The van der Waals surface area contributed by atoms with E-state index < -0.39 is 21.4 Å². The van der Waals surface area contributed by atoms with E-state index in [1.54, 1.807) is 21.9 Å². The number of anilines is 1. The molecule has 2 aromatic rings. The fourth-order valence-corrected chi connectivity index (χ4v) is 6.37. The third kappa shape index (κ3) is 6.57. The number of para-hydroxylation sites is 1. The molecule has 0 saturated heterocycles. The van der Waals surface area contributed by atoms with Crippen molar-refractivity contribution in [3.05, 3.63) is 59.7 Å². The number of hydrogen-bond donors (Lipinski definition) is 1. The molecule has 0 radical (unpaired) electrons. The average Bonchev–Trinajstić information content (AvgIpc) is 2.82. The Balaban J connectivity index is 1.58. The molecule has 210 valence electrons. The van der Waals surface area contributed by atoms with E-state index in [4.69, 9.17) is 0 Å². The number of amides is 3. The van der Waals surface area contributed by atoms with Crippen molar-refractivity contribution in [2.75, 3.05) is 17.7 Å². The Labute approximate surface area is 229 Å². The lowest BCUT2D eigenvalue weighted by atomic mass is 9.67. The molecule has 4 rings (SSSR count). The van der Waals surface area contributed by atoms with E-state index in [1.807, 2.05) is 23.8 Å². The summed E-state index contributed by atoms with van der Waals surface area (Å²) in [5.41, 5.74) is -2.76.